The van der Waals surface area contributed by atoms with Crippen LogP contribution in [0.2, 0.25) is 0 Å². The maximum Gasteiger partial charge on any atom is 0.0594 e. The third-order valence-electron chi connectivity index (χ3n) is 3.25. The molecule has 0 atom stereocenters. The number of hydrogen-bond donors (Lipinski definition) is 0. The third kappa shape index (κ3) is 8.03. The molecule has 0 bridgehead atoms. The minimum absolute atomic E-state index is 0.358. The highest BCUT2D eigenvalue weighted by molar-refractivity contribution is 4.63. The molecule has 18 heavy (non-hydrogen) atoms. The molecule has 4 heteroatoms. The molecule has 108 valence electrons. The zero-order valence-corrected chi connectivity index (χ0v) is 12.4. The Morgan fingerprint density at radius 3 is 2.50 bits per heavy atom. The lowest BCUT2D eigenvalue weighted by molar-refractivity contribution is 0.0361. The van der Waals surface area contributed by atoms with Crippen molar-refractivity contribution >= 4 is 0 Å². The second kappa shape index (κ2) is 9.73. The average Bonchev–Trinajstić information content (AvgIpc) is 2.36. The van der Waals surface area contributed by atoms with Gasteiger partial charge in [0.1, 0.15) is 0 Å². The van der Waals surface area contributed by atoms with Gasteiger partial charge in [0.25, 0.3) is 0 Å². The fourth-order valence-corrected chi connectivity index (χ4v) is 2.15. The molecule has 1 fully saturated rings. The average molecular weight is 258 g/mol. The van der Waals surface area contributed by atoms with Gasteiger partial charge in [-0.25, -0.2) is 0 Å². The van der Waals surface area contributed by atoms with Crippen molar-refractivity contribution in [3.05, 3.63) is 0 Å². The van der Waals surface area contributed by atoms with Crippen LogP contribution in [0.15, 0.2) is 0 Å². The van der Waals surface area contributed by atoms with Gasteiger partial charge in [-0.2, -0.15) is 0 Å². The lowest BCUT2D eigenvalue weighted by Gasteiger charge is -2.27. The molecule has 1 saturated heterocycles. The molecule has 1 heterocycles. The van der Waals surface area contributed by atoms with Crippen LogP contribution < -0.4 is 0 Å². The van der Waals surface area contributed by atoms with E-state index in [0.29, 0.717) is 6.10 Å². The van der Waals surface area contributed by atoms with Crippen molar-refractivity contribution in [3.63, 3.8) is 0 Å². The summed E-state index contributed by atoms with van der Waals surface area (Å²) in [6.07, 6.45) is 2.74. The van der Waals surface area contributed by atoms with Gasteiger partial charge in [0.15, 0.2) is 0 Å². The second-order valence-electron chi connectivity index (χ2n) is 5.38. The van der Waals surface area contributed by atoms with E-state index in [1.165, 1.54) is 19.5 Å². The summed E-state index contributed by atoms with van der Waals surface area (Å²) in [7, 11) is 2.20. The number of nitrogens with zero attached hydrogens (tertiary/aromatic N) is 2. The minimum Gasteiger partial charge on any atom is -0.379 e. The predicted molar refractivity (Wildman–Crippen MR) is 75.1 cm³/mol. The van der Waals surface area contributed by atoms with Crippen molar-refractivity contribution in [2.24, 2.45) is 0 Å². The number of rotatable bonds is 9. The van der Waals surface area contributed by atoms with Gasteiger partial charge in [-0.3, -0.25) is 4.90 Å². The fraction of sp³-hybridized carbons (Fsp3) is 1.00. The van der Waals surface area contributed by atoms with Gasteiger partial charge in [0.2, 0.25) is 0 Å². The van der Waals surface area contributed by atoms with Crippen LogP contribution in [-0.4, -0.2) is 75.5 Å². The number of morpholine rings is 1. The Morgan fingerprint density at radius 1 is 1.17 bits per heavy atom. The van der Waals surface area contributed by atoms with Crippen molar-refractivity contribution < 1.29 is 9.47 Å². The van der Waals surface area contributed by atoms with E-state index in [1.807, 2.05) is 0 Å². The Kier molecular flexibility index (Phi) is 8.59. The first-order valence-electron chi connectivity index (χ1n) is 7.28. The first-order chi connectivity index (χ1) is 8.68. The van der Waals surface area contributed by atoms with Crippen molar-refractivity contribution in [2.45, 2.75) is 32.8 Å². The minimum atomic E-state index is 0.358. The highest BCUT2D eigenvalue weighted by atomic mass is 16.5. The summed E-state index contributed by atoms with van der Waals surface area (Å²) in [5.74, 6) is 0. The van der Waals surface area contributed by atoms with Gasteiger partial charge in [0, 0.05) is 26.2 Å². The molecule has 0 amide bonds. The van der Waals surface area contributed by atoms with Gasteiger partial charge >= 0.3 is 0 Å². The van der Waals surface area contributed by atoms with Crippen LogP contribution in [0, 0.1) is 0 Å². The molecule has 0 aromatic carbocycles. The van der Waals surface area contributed by atoms with E-state index in [4.69, 9.17) is 9.47 Å². The fourth-order valence-electron chi connectivity index (χ4n) is 2.15. The summed E-state index contributed by atoms with van der Waals surface area (Å²) >= 11 is 0. The van der Waals surface area contributed by atoms with Crippen LogP contribution in [0.25, 0.3) is 0 Å². The Labute approximate surface area is 112 Å². The van der Waals surface area contributed by atoms with E-state index >= 15 is 0 Å². The van der Waals surface area contributed by atoms with Gasteiger partial charge < -0.3 is 14.4 Å². The quantitative estimate of drug-likeness (QED) is 0.585. The molecule has 0 saturated carbocycles. The maximum atomic E-state index is 5.54. The van der Waals surface area contributed by atoms with Crippen LogP contribution in [0.5, 0.6) is 0 Å². The summed E-state index contributed by atoms with van der Waals surface area (Å²) in [6.45, 7) is 12.6. The van der Waals surface area contributed by atoms with Crippen LogP contribution >= 0.6 is 0 Å². The first kappa shape index (κ1) is 15.9. The van der Waals surface area contributed by atoms with Gasteiger partial charge in [-0.15, -0.1) is 0 Å². The Balaban J connectivity index is 1.91. The lowest BCUT2D eigenvalue weighted by atomic mass is 10.3. The molecule has 0 aromatic heterocycles. The Morgan fingerprint density at radius 2 is 1.83 bits per heavy atom. The van der Waals surface area contributed by atoms with E-state index in [0.717, 1.165) is 45.9 Å². The topological polar surface area (TPSA) is 24.9 Å². The zero-order valence-electron chi connectivity index (χ0n) is 12.4. The maximum absolute atomic E-state index is 5.54. The standard InChI is InChI=1S/C14H30N2O2/c1-14(2)18-11-5-7-15(3)6-4-8-16-9-12-17-13-10-16/h14H,4-13H2,1-3H3. The number of hydrogen-bond acceptors (Lipinski definition) is 4. The third-order valence-corrected chi connectivity index (χ3v) is 3.25. The normalized spacial score (nSPS) is 17.8. The predicted octanol–water partition coefficient (Wildman–Crippen LogP) is 1.46. The van der Waals surface area contributed by atoms with Crippen molar-refractivity contribution in [1.29, 1.82) is 0 Å². The zero-order chi connectivity index (χ0) is 13.2. The monoisotopic (exact) mass is 258 g/mol. The summed E-state index contributed by atoms with van der Waals surface area (Å²) < 4.78 is 10.9. The Hall–Kier alpha value is -0.160. The van der Waals surface area contributed by atoms with E-state index in [-0.39, 0.29) is 0 Å². The largest absolute Gasteiger partial charge is 0.379 e. The molecule has 0 unspecified atom stereocenters. The van der Waals surface area contributed by atoms with E-state index in [1.54, 1.807) is 0 Å². The summed E-state index contributed by atoms with van der Waals surface area (Å²) in [6, 6.07) is 0. The van der Waals surface area contributed by atoms with Crippen LogP contribution in [0.3, 0.4) is 0 Å². The van der Waals surface area contributed by atoms with Crippen LogP contribution in [0.4, 0.5) is 0 Å². The molecule has 4 nitrogen and oxygen atoms in total. The molecular formula is C14H30N2O2. The summed E-state index contributed by atoms with van der Waals surface area (Å²) in [5.41, 5.74) is 0. The molecule has 0 aliphatic carbocycles. The van der Waals surface area contributed by atoms with E-state index < -0.39 is 0 Å². The summed E-state index contributed by atoms with van der Waals surface area (Å²) in [5, 5.41) is 0. The van der Waals surface area contributed by atoms with E-state index in [9.17, 15) is 0 Å². The van der Waals surface area contributed by atoms with Crippen LogP contribution in [0.1, 0.15) is 26.7 Å². The van der Waals surface area contributed by atoms with Gasteiger partial charge in [-0.05, 0) is 46.8 Å². The molecule has 1 aliphatic rings. The van der Waals surface area contributed by atoms with Gasteiger partial charge in [0.05, 0.1) is 19.3 Å². The SMILES string of the molecule is CC(C)OCCCN(C)CCCN1CCOCC1. The Bertz CT molecular complexity index is 194. The molecule has 1 aliphatic heterocycles. The molecule has 0 aromatic rings. The molecule has 0 radical (unpaired) electrons. The highest BCUT2D eigenvalue weighted by Gasteiger charge is 2.09. The smallest absolute Gasteiger partial charge is 0.0594 e. The molecule has 0 spiro atoms. The summed E-state index contributed by atoms with van der Waals surface area (Å²) in [4.78, 5) is 4.91. The van der Waals surface area contributed by atoms with Crippen molar-refractivity contribution in [2.75, 3.05) is 59.6 Å². The number of ether oxygens (including phenoxy) is 2. The first-order valence-corrected chi connectivity index (χ1v) is 7.28. The van der Waals surface area contributed by atoms with E-state index in [2.05, 4.69) is 30.7 Å². The van der Waals surface area contributed by atoms with Crippen molar-refractivity contribution in [1.82, 2.24) is 9.80 Å². The lowest BCUT2D eigenvalue weighted by Crippen LogP contribution is -2.38. The second-order valence-corrected chi connectivity index (χ2v) is 5.38. The molecule has 1 rings (SSSR count). The van der Waals surface area contributed by atoms with Crippen LogP contribution in [-0.2, 0) is 9.47 Å². The molecular weight excluding hydrogens is 228 g/mol. The highest BCUT2D eigenvalue weighted by Crippen LogP contribution is 1.99. The van der Waals surface area contributed by atoms with Gasteiger partial charge in [-0.1, -0.05) is 0 Å². The molecule has 0 N–H and O–H groups in total. The van der Waals surface area contributed by atoms with Crippen molar-refractivity contribution in [3.8, 4) is 0 Å².